The smallest absolute Gasteiger partial charge is 0.180 e. The summed E-state index contributed by atoms with van der Waals surface area (Å²) in [5, 5.41) is 0.647. The fourth-order valence-electron chi connectivity index (χ4n) is 2.00. The molecule has 0 saturated carbocycles. The highest BCUT2D eigenvalue weighted by atomic mass is 32.1. The zero-order chi connectivity index (χ0) is 12.5. The number of nitrogens with two attached hydrogens (primary N) is 1. The van der Waals surface area contributed by atoms with Crippen molar-refractivity contribution in [3.63, 3.8) is 0 Å². The average molecular weight is 246 g/mol. The van der Waals surface area contributed by atoms with Gasteiger partial charge in [-0.3, -0.25) is 0 Å². The number of hydrogen-bond acceptors (Lipinski definition) is 3. The van der Waals surface area contributed by atoms with Crippen LogP contribution >= 0.6 is 11.3 Å². The van der Waals surface area contributed by atoms with Gasteiger partial charge < -0.3 is 5.73 Å². The van der Waals surface area contributed by atoms with Crippen molar-refractivity contribution in [1.82, 2.24) is 4.98 Å². The topological polar surface area (TPSA) is 38.9 Å². The number of hydrogen-bond donors (Lipinski definition) is 1. The van der Waals surface area contributed by atoms with Gasteiger partial charge in [0.2, 0.25) is 0 Å². The molecule has 2 aromatic rings. The molecule has 17 heavy (non-hydrogen) atoms. The second kappa shape index (κ2) is 4.49. The minimum Gasteiger partial charge on any atom is -0.375 e. The van der Waals surface area contributed by atoms with E-state index in [9.17, 15) is 0 Å². The Morgan fingerprint density at radius 1 is 1.24 bits per heavy atom. The van der Waals surface area contributed by atoms with Crippen LogP contribution in [0.1, 0.15) is 36.8 Å². The number of nitrogens with zero attached hydrogens (tertiary/aromatic N) is 1. The Labute approximate surface area is 107 Å². The maximum absolute atomic E-state index is 5.66. The van der Waals surface area contributed by atoms with Gasteiger partial charge in [0.1, 0.15) is 0 Å². The van der Waals surface area contributed by atoms with Crippen molar-refractivity contribution in [3.05, 3.63) is 46.5 Å². The highest BCUT2D eigenvalue weighted by Crippen LogP contribution is 2.28. The van der Waals surface area contributed by atoms with Crippen LogP contribution in [-0.4, -0.2) is 4.98 Å². The van der Waals surface area contributed by atoms with Gasteiger partial charge in [0.15, 0.2) is 5.13 Å². The van der Waals surface area contributed by atoms with Gasteiger partial charge in [-0.2, -0.15) is 0 Å². The molecule has 0 aliphatic heterocycles. The average Bonchev–Trinajstić information content (AvgIpc) is 2.63. The standard InChI is InChI=1S/C14H18N2S/c1-14(2,3)12-7-5-4-6-10(12)8-11-9-16-13(15)17-11/h4-7,9H,8H2,1-3H3,(H2,15,16). The van der Waals surface area contributed by atoms with E-state index in [-0.39, 0.29) is 5.41 Å². The van der Waals surface area contributed by atoms with Crippen molar-refractivity contribution in [2.45, 2.75) is 32.6 Å². The first-order valence-electron chi connectivity index (χ1n) is 5.75. The van der Waals surface area contributed by atoms with Crippen LogP contribution < -0.4 is 5.73 Å². The van der Waals surface area contributed by atoms with Crippen molar-refractivity contribution in [3.8, 4) is 0 Å². The molecule has 1 heterocycles. The van der Waals surface area contributed by atoms with Crippen LogP contribution in [-0.2, 0) is 11.8 Å². The zero-order valence-corrected chi connectivity index (χ0v) is 11.3. The minimum absolute atomic E-state index is 0.173. The molecule has 0 fully saturated rings. The highest BCUT2D eigenvalue weighted by molar-refractivity contribution is 7.15. The van der Waals surface area contributed by atoms with Gasteiger partial charge >= 0.3 is 0 Å². The van der Waals surface area contributed by atoms with E-state index < -0.39 is 0 Å². The molecular weight excluding hydrogens is 228 g/mol. The quantitative estimate of drug-likeness (QED) is 0.879. The number of anilines is 1. The monoisotopic (exact) mass is 246 g/mol. The molecule has 90 valence electrons. The first-order valence-corrected chi connectivity index (χ1v) is 6.57. The van der Waals surface area contributed by atoms with Gasteiger partial charge in [-0.05, 0) is 16.5 Å². The predicted octanol–water partition coefficient (Wildman–Crippen LogP) is 3.61. The minimum atomic E-state index is 0.173. The van der Waals surface area contributed by atoms with Crippen LogP contribution in [0.5, 0.6) is 0 Å². The normalized spacial score (nSPS) is 11.7. The summed E-state index contributed by atoms with van der Waals surface area (Å²) in [7, 11) is 0. The predicted molar refractivity (Wildman–Crippen MR) is 74.5 cm³/mol. The Morgan fingerprint density at radius 2 is 1.94 bits per heavy atom. The Hall–Kier alpha value is -1.35. The Balaban J connectivity index is 2.33. The number of nitrogen functional groups attached to an aromatic ring is 1. The van der Waals surface area contributed by atoms with E-state index in [1.54, 1.807) is 11.3 Å². The zero-order valence-electron chi connectivity index (χ0n) is 10.5. The fraction of sp³-hybridized carbons (Fsp3) is 0.357. The van der Waals surface area contributed by atoms with E-state index in [2.05, 4.69) is 50.0 Å². The Morgan fingerprint density at radius 3 is 2.53 bits per heavy atom. The van der Waals surface area contributed by atoms with Crippen molar-refractivity contribution >= 4 is 16.5 Å². The molecule has 0 saturated heterocycles. The van der Waals surface area contributed by atoms with Crippen LogP contribution in [0.15, 0.2) is 30.5 Å². The van der Waals surface area contributed by atoms with E-state index in [4.69, 9.17) is 5.73 Å². The molecule has 2 nitrogen and oxygen atoms in total. The number of benzene rings is 1. The summed E-state index contributed by atoms with van der Waals surface area (Å²) in [6.07, 6.45) is 2.79. The first-order chi connectivity index (χ1) is 7.97. The third kappa shape index (κ3) is 2.86. The first kappa shape index (κ1) is 12.1. The molecule has 0 atom stereocenters. The van der Waals surface area contributed by atoms with Crippen LogP contribution in [0.25, 0.3) is 0 Å². The van der Waals surface area contributed by atoms with Crippen molar-refractivity contribution in [1.29, 1.82) is 0 Å². The molecule has 1 aromatic carbocycles. The van der Waals surface area contributed by atoms with E-state index in [0.29, 0.717) is 5.13 Å². The van der Waals surface area contributed by atoms with E-state index in [1.807, 2.05) is 6.20 Å². The van der Waals surface area contributed by atoms with Crippen LogP contribution in [0.3, 0.4) is 0 Å². The third-order valence-corrected chi connectivity index (χ3v) is 3.59. The van der Waals surface area contributed by atoms with Gasteiger partial charge in [-0.1, -0.05) is 45.0 Å². The molecule has 0 radical (unpaired) electrons. The summed E-state index contributed by atoms with van der Waals surface area (Å²) in [5.74, 6) is 0. The summed E-state index contributed by atoms with van der Waals surface area (Å²) in [6, 6.07) is 8.59. The molecule has 0 aliphatic carbocycles. The molecule has 0 aliphatic rings. The molecular formula is C14H18N2S. The Bertz CT molecular complexity index is 509. The lowest BCUT2D eigenvalue weighted by Crippen LogP contribution is -2.14. The van der Waals surface area contributed by atoms with Crippen LogP contribution in [0.2, 0.25) is 0 Å². The number of aromatic nitrogens is 1. The SMILES string of the molecule is CC(C)(C)c1ccccc1Cc1cnc(N)s1. The summed E-state index contributed by atoms with van der Waals surface area (Å²) in [4.78, 5) is 5.32. The summed E-state index contributed by atoms with van der Waals surface area (Å²) < 4.78 is 0. The fourth-order valence-corrected chi connectivity index (χ4v) is 2.71. The lowest BCUT2D eigenvalue weighted by Gasteiger charge is -2.22. The lowest BCUT2D eigenvalue weighted by atomic mass is 9.83. The number of thiazole rings is 1. The second-order valence-corrected chi connectivity index (χ2v) is 6.40. The van der Waals surface area contributed by atoms with Gasteiger partial charge in [0.05, 0.1) is 0 Å². The maximum atomic E-state index is 5.66. The molecule has 0 amide bonds. The van der Waals surface area contributed by atoms with Crippen LogP contribution in [0.4, 0.5) is 5.13 Å². The van der Waals surface area contributed by atoms with Gasteiger partial charge in [0.25, 0.3) is 0 Å². The summed E-state index contributed by atoms with van der Waals surface area (Å²) >= 11 is 1.57. The maximum Gasteiger partial charge on any atom is 0.180 e. The van der Waals surface area contributed by atoms with E-state index in [0.717, 1.165) is 6.42 Å². The van der Waals surface area contributed by atoms with Gasteiger partial charge in [-0.25, -0.2) is 4.98 Å². The summed E-state index contributed by atoms with van der Waals surface area (Å²) in [5.41, 5.74) is 8.60. The molecule has 0 spiro atoms. The van der Waals surface area contributed by atoms with Crippen molar-refractivity contribution in [2.75, 3.05) is 5.73 Å². The number of rotatable bonds is 2. The second-order valence-electron chi connectivity index (χ2n) is 5.25. The van der Waals surface area contributed by atoms with Crippen molar-refractivity contribution < 1.29 is 0 Å². The van der Waals surface area contributed by atoms with Gasteiger partial charge in [0, 0.05) is 17.5 Å². The van der Waals surface area contributed by atoms with Crippen LogP contribution in [0, 0.1) is 0 Å². The molecule has 2 N–H and O–H groups in total. The molecule has 3 heteroatoms. The summed E-state index contributed by atoms with van der Waals surface area (Å²) in [6.45, 7) is 6.73. The lowest BCUT2D eigenvalue weighted by molar-refractivity contribution is 0.584. The Kier molecular flexibility index (Phi) is 3.20. The van der Waals surface area contributed by atoms with E-state index >= 15 is 0 Å². The molecule has 0 bridgehead atoms. The third-order valence-electron chi connectivity index (χ3n) is 2.76. The van der Waals surface area contributed by atoms with Crippen molar-refractivity contribution in [2.24, 2.45) is 0 Å². The molecule has 1 aromatic heterocycles. The highest BCUT2D eigenvalue weighted by Gasteiger charge is 2.17. The van der Waals surface area contributed by atoms with Gasteiger partial charge in [-0.15, -0.1) is 11.3 Å². The van der Waals surface area contributed by atoms with E-state index in [1.165, 1.54) is 16.0 Å². The molecule has 2 rings (SSSR count). The largest absolute Gasteiger partial charge is 0.375 e. The molecule has 0 unspecified atom stereocenters.